The molecule has 24 heavy (non-hydrogen) atoms. The number of carbonyl (C=O) groups is 1. The number of ether oxygens (including phenoxy) is 2. The van der Waals surface area contributed by atoms with Crippen LogP contribution < -0.4 is 14.8 Å². The molecule has 0 unspecified atom stereocenters. The van der Waals surface area contributed by atoms with Crippen molar-refractivity contribution in [3.63, 3.8) is 0 Å². The summed E-state index contributed by atoms with van der Waals surface area (Å²) in [7, 11) is 0. The normalized spacial score (nSPS) is 10.6. The minimum atomic E-state index is -0.346. The van der Waals surface area contributed by atoms with Gasteiger partial charge in [-0.05, 0) is 37.3 Å². The number of anilines is 1. The molecule has 2 aromatic carbocycles. The Hall–Kier alpha value is -2.67. The van der Waals surface area contributed by atoms with E-state index in [1.165, 1.54) is 23.5 Å². The Bertz CT molecular complexity index is 866. The smallest absolute Gasteiger partial charge is 0.264 e. The maximum Gasteiger partial charge on any atom is 0.264 e. The Morgan fingerprint density at radius 2 is 1.96 bits per heavy atom. The SMILES string of the molecule is CCOc1ccccc1OCC(=O)Nc1nc2ccc(F)cc2s1. The van der Waals surface area contributed by atoms with Gasteiger partial charge in [-0.2, -0.15) is 0 Å². The summed E-state index contributed by atoms with van der Waals surface area (Å²) in [5, 5.41) is 3.06. The van der Waals surface area contributed by atoms with Crippen LogP contribution in [0, 0.1) is 5.82 Å². The standard InChI is InChI=1S/C17H15FN2O3S/c1-2-22-13-5-3-4-6-14(13)23-10-16(21)20-17-19-12-8-7-11(18)9-15(12)24-17/h3-9H,2,10H2,1H3,(H,19,20,21). The van der Waals surface area contributed by atoms with Gasteiger partial charge in [-0.1, -0.05) is 23.5 Å². The van der Waals surface area contributed by atoms with Gasteiger partial charge < -0.3 is 9.47 Å². The number of nitrogens with one attached hydrogen (secondary N) is 1. The minimum absolute atomic E-state index is 0.172. The van der Waals surface area contributed by atoms with Crippen LogP contribution >= 0.6 is 11.3 Å². The van der Waals surface area contributed by atoms with Crippen molar-refractivity contribution in [2.24, 2.45) is 0 Å². The average Bonchev–Trinajstić information content (AvgIpc) is 2.95. The number of para-hydroxylation sites is 2. The fraction of sp³-hybridized carbons (Fsp3) is 0.176. The summed E-state index contributed by atoms with van der Waals surface area (Å²) in [4.78, 5) is 16.2. The lowest BCUT2D eigenvalue weighted by atomic mass is 10.3. The number of halogens is 1. The zero-order valence-electron chi connectivity index (χ0n) is 12.9. The topological polar surface area (TPSA) is 60.5 Å². The summed E-state index contributed by atoms with van der Waals surface area (Å²) in [5.41, 5.74) is 0.638. The van der Waals surface area contributed by atoms with Gasteiger partial charge in [0.1, 0.15) is 5.82 Å². The number of hydrogen-bond acceptors (Lipinski definition) is 5. The van der Waals surface area contributed by atoms with E-state index in [0.29, 0.717) is 33.5 Å². The molecule has 124 valence electrons. The van der Waals surface area contributed by atoms with Gasteiger partial charge in [0.2, 0.25) is 0 Å². The molecule has 3 aromatic rings. The highest BCUT2D eigenvalue weighted by Gasteiger charge is 2.11. The molecule has 0 spiro atoms. The zero-order valence-corrected chi connectivity index (χ0v) is 13.7. The highest BCUT2D eigenvalue weighted by molar-refractivity contribution is 7.22. The maximum atomic E-state index is 13.2. The first-order chi connectivity index (χ1) is 11.7. The fourth-order valence-electron chi connectivity index (χ4n) is 2.09. The van der Waals surface area contributed by atoms with E-state index in [0.717, 1.165) is 0 Å². The molecule has 0 saturated carbocycles. The van der Waals surface area contributed by atoms with E-state index in [-0.39, 0.29) is 18.3 Å². The quantitative estimate of drug-likeness (QED) is 0.736. The molecule has 0 radical (unpaired) electrons. The van der Waals surface area contributed by atoms with Crippen LogP contribution in [0.4, 0.5) is 9.52 Å². The van der Waals surface area contributed by atoms with Crippen LogP contribution in [0.1, 0.15) is 6.92 Å². The molecule has 0 bridgehead atoms. The number of thiazole rings is 1. The minimum Gasteiger partial charge on any atom is -0.490 e. The number of aromatic nitrogens is 1. The number of nitrogens with zero attached hydrogens (tertiary/aromatic N) is 1. The summed E-state index contributed by atoms with van der Waals surface area (Å²) in [5.74, 6) is 0.407. The van der Waals surface area contributed by atoms with Gasteiger partial charge in [-0.15, -0.1) is 0 Å². The molecule has 0 aliphatic rings. The number of hydrogen-bond donors (Lipinski definition) is 1. The van der Waals surface area contributed by atoms with Gasteiger partial charge in [-0.25, -0.2) is 9.37 Å². The predicted octanol–water partition coefficient (Wildman–Crippen LogP) is 3.85. The van der Waals surface area contributed by atoms with E-state index in [2.05, 4.69) is 10.3 Å². The lowest BCUT2D eigenvalue weighted by molar-refractivity contribution is -0.118. The van der Waals surface area contributed by atoms with Crippen LogP contribution in [-0.2, 0) is 4.79 Å². The molecular formula is C17H15FN2O3S. The molecule has 3 rings (SSSR count). The first kappa shape index (κ1) is 16.2. The van der Waals surface area contributed by atoms with Crippen LogP contribution in [0.2, 0.25) is 0 Å². The van der Waals surface area contributed by atoms with Gasteiger partial charge >= 0.3 is 0 Å². The van der Waals surface area contributed by atoms with Gasteiger partial charge in [-0.3, -0.25) is 10.1 Å². The van der Waals surface area contributed by atoms with Crippen molar-refractivity contribution in [1.82, 2.24) is 4.98 Å². The Morgan fingerprint density at radius 3 is 2.71 bits per heavy atom. The summed E-state index contributed by atoms with van der Waals surface area (Å²) < 4.78 is 24.8. The molecular weight excluding hydrogens is 331 g/mol. The van der Waals surface area contributed by atoms with E-state index in [4.69, 9.17) is 9.47 Å². The average molecular weight is 346 g/mol. The van der Waals surface area contributed by atoms with Crippen molar-refractivity contribution in [1.29, 1.82) is 0 Å². The third-order valence-electron chi connectivity index (χ3n) is 3.10. The largest absolute Gasteiger partial charge is 0.490 e. The van der Waals surface area contributed by atoms with Crippen molar-refractivity contribution < 1.29 is 18.7 Å². The lowest BCUT2D eigenvalue weighted by Crippen LogP contribution is -2.20. The Balaban J connectivity index is 1.63. The summed E-state index contributed by atoms with van der Waals surface area (Å²) >= 11 is 1.21. The lowest BCUT2D eigenvalue weighted by Gasteiger charge is -2.10. The molecule has 0 aliphatic heterocycles. The molecule has 7 heteroatoms. The summed E-state index contributed by atoms with van der Waals surface area (Å²) in [6.07, 6.45) is 0. The molecule has 1 aromatic heterocycles. The van der Waals surface area contributed by atoms with Crippen molar-refractivity contribution >= 4 is 32.6 Å². The highest BCUT2D eigenvalue weighted by atomic mass is 32.1. The molecule has 5 nitrogen and oxygen atoms in total. The third kappa shape index (κ3) is 3.80. The molecule has 0 saturated heterocycles. The Morgan fingerprint density at radius 1 is 1.21 bits per heavy atom. The van der Waals surface area contributed by atoms with E-state index in [9.17, 15) is 9.18 Å². The first-order valence-electron chi connectivity index (χ1n) is 7.36. The van der Waals surface area contributed by atoms with Gasteiger partial charge in [0.15, 0.2) is 23.2 Å². The summed E-state index contributed by atoms with van der Waals surface area (Å²) in [6, 6.07) is 11.4. The highest BCUT2D eigenvalue weighted by Crippen LogP contribution is 2.27. The van der Waals surface area contributed by atoms with E-state index in [1.54, 1.807) is 24.3 Å². The second-order valence-corrected chi connectivity index (χ2v) is 5.88. The second-order valence-electron chi connectivity index (χ2n) is 4.85. The molecule has 1 amide bonds. The fourth-order valence-corrected chi connectivity index (χ4v) is 3.00. The number of benzene rings is 2. The summed E-state index contributed by atoms with van der Waals surface area (Å²) in [6.45, 7) is 2.21. The van der Waals surface area contributed by atoms with Crippen LogP contribution in [0.25, 0.3) is 10.2 Å². The molecule has 0 fully saturated rings. The van der Waals surface area contributed by atoms with Crippen LogP contribution in [0.5, 0.6) is 11.5 Å². The Labute approximate surface area is 142 Å². The van der Waals surface area contributed by atoms with Crippen LogP contribution in [-0.4, -0.2) is 24.1 Å². The number of amides is 1. The van der Waals surface area contributed by atoms with Gasteiger partial charge in [0, 0.05) is 0 Å². The monoisotopic (exact) mass is 346 g/mol. The van der Waals surface area contributed by atoms with Gasteiger partial charge in [0.05, 0.1) is 16.8 Å². The molecule has 0 aliphatic carbocycles. The number of fused-ring (bicyclic) bond motifs is 1. The van der Waals surface area contributed by atoms with E-state index < -0.39 is 0 Å². The zero-order chi connectivity index (χ0) is 16.9. The second kappa shape index (κ2) is 7.27. The maximum absolute atomic E-state index is 13.2. The molecule has 0 atom stereocenters. The number of rotatable bonds is 6. The van der Waals surface area contributed by atoms with Crippen molar-refractivity contribution in [2.75, 3.05) is 18.5 Å². The predicted molar refractivity (Wildman–Crippen MR) is 91.3 cm³/mol. The van der Waals surface area contributed by atoms with E-state index in [1.807, 2.05) is 13.0 Å². The molecule has 1 heterocycles. The van der Waals surface area contributed by atoms with E-state index >= 15 is 0 Å². The van der Waals surface area contributed by atoms with Crippen molar-refractivity contribution in [2.45, 2.75) is 6.92 Å². The van der Waals surface area contributed by atoms with Gasteiger partial charge in [0.25, 0.3) is 5.91 Å². The first-order valence-corrected chi connectivity index (χ1v) is 8.18. The molecule has 1 N–H and O–H groups in total. The number of carbonyl (C=O) groups excluding carboxylic acids is 1. The van der Waals surface area contributed by atoms with Crippen molar-refractivity contribution in [3.05, 3.63) is 48.3 Å². The van der Waals surface area contributed by atoms with Crippen LogP contribution in [0.3, 0.4) is 0 Å². The van der Waals surface area contributed by atoms with Crippen LogP contribution in [0.15, 0.2) is 42.5 Å². The third-order valence-corrected chi connectivity index (χ3v) is 4.04. The van der Waals surface area contributed by atoms with Crippen molar-refractivity contribution in [3.8, 4) is 11.5 Å². The Kier molecular flexibility index (Phi) is 4.90.